The summed E-state index contributed by atoms with van der Waals surface area (Å²) in [4.78, 5) is 14.4. The number of benzene rings is 1. The van der Waals surface area contributed by atoms with Crippen molar-refractivity contribution in [2.75, 3.05) is 19.8 Å². The summed E-state index contributed by atoms with van der Waals surface area (Å²) in [7, 11) is 0. The molecule has 1 aliphatic heterocycles. The van der Waals surface area contributed by atoms with Gasteiger partial charge in [0.15, 0.2) is 0 Å². The molecule has 1 N–H and O–H groups in total. The number of hydrogen-bond acceptors (Lipinski definition) is 3. The number of halogens is 1. The molecule has 0 spiro atoms. The van der Waals surface area contributed by atoms with Crippen LogP contribution in [0.25, 0.3) is 0 Å². The molecule has 110 valence electrons. The maximum Gasteiger partial charge on any atom is 0.239 e. The van der Waals surface area contributed by atoms with E-state index in [1.54, 1.807) is 0 Å². The van der Waals surface area contributed by atoms with Crippen molar-refractivity contribution in [1.82, 2.24) is 10.2 Å². The normalized spacial score (nSPS) is 20.1. The number of amides is 1. The number of carbonyl (C=O) groups excluding carboxylic acids is 1. The molecule has 1 aromatic carbocycles. The first-order valence-electron chi connectivity index (χ1n) is 6.93. The Hall–Kier alpha value is -0.910. The van der Waals surface area contributed by atoms with Crippen LogP contribution in [-0.2, 0) is 16.1 Å². The first-order chi connectivity index (χ1) is 9.56. The van der Waals surface area contributed by atoms with E-state index in [1.807, 2.05) is 26.0 Å². The molecule has 5 heteroatoms. The van der Waals surface area contributed by atoms with Crippen molar-refractivity contribution in [2.24, 2.45) is 0 Å². The van der Waals surface area contributed by atoms with Crippen LogP contribution in [0.3, 0.4) is 0 Å². The summed E-state index contributed by atoms with van der Waals surface area (Å²) in [5, 5.41) is 2.97. The minimum Gasteiger partial charge on any atom is -0.378 e. The fourth-order valence-corrected chi connectivity index (χ4v) is 2.77. The molecule has 0 saturated carbocycles. The third-order valence-electron chi connectivity index (χ3n) is 3.25. The van der Waals surface area contributed by atoms with Crippen molar-refractivity contribution in [2.45, 2.75) is 32.5 Å². The average molecular weight is 341 g/mol. The topological polar surface area (TPSA) is 41.6 Å². The zero-order chi connectivity index (χ0) is 14.5. The standard InChI is InChI=1S/C15H21BrN2O2/c1-11(2)17-15(19)14-10-20-7-6-18(14)9-12-4-3-5-13(16)8-12/h3-5,8,11,14H,6-7,9-10H2,1-2H3,(H,17,19). The van der Waals surface area contributed by atoms with E-state index in [0.717, 1.165) is 17.6 Å². The molecule has 1 saturated heterocycles. The minimum atomic E-state index is -0.204. The van der Waals surface area contributed by atoms with Gasteiger partial charge in [0.2, 0.25) is 5.91 Å². The molecule has 1 fully saturated rings. The molecule has 20 heavy (non-hydrogen) atoms. The van der Waals surface area contributed by atoms with Gasteiger partial charge in [-0.25, -0.2) is 0 Å². The van der Waals surface area contributed by atoms with E-state index < -0.39 is 0 Å². The van der Waals surface area contributed by atoms with Crippen LogP contribution in [0.15, 0.2) is 28.7 Å². The molecule has 0 aromatic heterocycles. The Morgan fingerprint density at radius 3 is 3.05 bits per heavy atom. The monoisotopic (exact) mass is 340 g/mol. The maximum atomic E-state index is 12.2. The summed E-state index contributed by atoms with van der Waals surface area (Å²) in [6.45, 7) is 6.63. The lowest BCUT2D eigenvalue weighted by atomic mass is 10.1. The van der Waals surface area contributed by atoms with Crippen molar-refractivity contribution >= 4 is 21.8 Å². The van der Waals surface area contributed by atoms with Crippen LogP contribution in [0.4, 0.5) is 0 Å². The molecule has 1 amide bonds. The highest BCUT2D eigenvalue weighted by atomic mass is 79.9. The Bertz CT molecular complexity index is 465. The number of rotatable bonds is 4. The molecular weight excluding hydrogens is 320 g/mol. The summed E-state index contributed by atoms with van der Waals surface area (Å²) < 4.78 is 6.53. The molecule has 1 aliphatic rings. The van der Waals surface area contributed by atoms with Crippen molar-refractivity contribution in [3.8, 4) is 0 Å². The van der Waals surface area contributed by atoms with Crippen molar-refractivity contribution < 1.29 is 9.53 Å². The molecule has 4 nitrogen and oxygen atoms in total. The number of morpholine rings is 1. The SMILES string of the molecule is CC(C)NC(=O)C1COCCN1Cc1cccc(Br)c1. The van der Waals surface area contributed by atoms with Gasteiger partial charge in [-0.05, 0) is 31.5 Å². The van der Waals surface area contributed by atoms with E-state index in [9.17, 15) is 4.79 Å². The molecule has 0 aliphatic carbocycles. The van der Waals surface area contributed by atoms with Gasteiger partial charge < -0.3 is 10.1 Å². The fourth-order valence-electron chi connectivity index (χ4n) is 2.32. The summed E-state index contributed by atoms with van der Waals surface area (Å²) >= 11 is 3.48. The average Bonchev–Trinajstić information content (AvgIpc) is 2.38. The third kappa shape index (κ3) is 4.30. The second-order valence-corrected chi connectivity index (χ2v) is 6.27. The second-order valence-electron chi connectivity index (χ2n) is 5.35. The van der Waals surface area contributed by atoms with E-state index in [0.29, 0.717) is 13.2 Å². The zero-order valence-corrected chi connectivity index (χ0v) is 13.5. The quantitative estimate of drug-likeness (QED) is 0.913. The van der Waals surface area contributed by atoms with Crippen molar-refractivity contribution in [3.63, 3.8) is 0 Å². The molecule has 1 aromatic rings. The Labute approximate surface area is 128 Å². The third-order valence-corrected chi connectivity index (χ3v) is 3.74. The van der Waals surface area contributed by atoms with Gasteiger partial charge in [0.25, 0.3) is 0 Å². The zero-order valence-electron chi connectivity index (χ0n) is 11.9. The van der Waals surface area contributed by atoms with Crippen molar-refractivity contribution in [1.29, 1.82) is 0 Å². The van der Waals surface area contributed by atoms with Gasteiger partial charge in [-0.3, -0.25) is 9.69 Å². The Kier molecular flexibility index (Phi) is 5.57. The van der Waals surface area contributed by atoms with Crippen LogP contribution in [0.1, 0.15) is 19.4 Å². The number of carbonyl (C=O) groups is 1. The summed E-state index contributed by atoms with van der Waals surface area (Å²) in [6.07, 6.45) is 0. The molecular formula is C15H21BrN2O2. The van der Waals surface area contributed by atoms with Gasteiger partial charge in [0.1, 0.15) is 6.04 Å². The molecule has 1 heterocycles. The van der Waals surface area contributed by atoms with Gasteiger partial charge in [-0.2, -0.15) is 0 Å². The van der Waals surface area contributed by atoms with E-state index >= 15 is 0 Å². The number of nitrogens with one attached hydrogen (secondary N) is 1. The first kappa shape index (κ1) is 15.5. The lowest BCUT2D eigenvalue weighted by Gasteiger charge is -2.35. The summed E-state index contributed by atoms with van der Waals surface area (Å²) in [5.74, 6) is 0.0506. The maximum absolute atomic E-state index is 12.2. The molecule has 0 radical (unpaired) electrons. The fraction of sp³-hybridized carbons (Fsp3) is 0.533. The number of ether oxygens (including phenoxy) is 1. The Morgan fingerprint density at radius 2 is 2.35 bits per heavy atom. The Morgan fingerprint density at radius 1 is 1.55 bits per heavy atom. The van der Waals surface area contributed by atoms with Gasteiger partial charge in [-0.15, -0.1) is 0 Å². The molecule has 2 rings (SSSR count). The summed E-state index contributed by atoms with van der Waals surface area (Å²) in [5.41, 5.74) is 1.20. The highest BCUT2D eigenvalue weighted by molar-refractivity contribution is 9.10. The van der Waals surface area contributed by atoms with E-state index in [4.69, 9.17) is 4.74 Å². The largest absolute Gasteiger partial charge is 0.378 e. The number of hydrogen-bond donors (Lipinski definition) is 1. The predicted octanol–water partition coefficient (Wildman–Crippen LogP) is 2.17. The van der Waals surface area contributed by atoms with E-state index in [-0.39, 0.29) is 18.0 Å². The van der Waals surface area contributed by atoms with Crippen LogP contribution in [-0.4, -0.2) is 42.6 Å². The highest BCUT2D eigenvalue weighted by Gasteiger charge is 2.29. The predicted molar refractivity (Wildman–Crippen MR) is 82.4 cm³/mol. The van der Waals surface area contributed by atoms with Gasteiger partial charge in [0.05, 0.1) is 13.2 Å². The van der Waals surface area contributed by atoms with Crippen LogP contribution in [0.5, 0.6) is 0 Å². The first-order valence-corrected chi connectivity index (χ1v) is 7.72. The molecule has 1 atom stereocenters. The van der Waals surface area contributed by atoms with E-state index in [2.05, 4.69) is 38.3 Å². The van der Waals surface area contributed by atoms with E-state index in [1.165, 1.54) is 5.56 Å². The number of nitrogens with zero attached hydrogens (tertiary/aromatic N) is 1. The van der Waals surface area contributed by atoms with Crippen LogP contribution in [0, 0.1) is 0 Å². The summed E-state index contributed by atoms with van der Waals surface area (Å²) in [6, 6.07) is 8.14. The van der Waals surface area contributed by atoms with Gasteiger partial charge >= 0.3 is 0 Å². The van der Waals surface area contributed by atoms with Crippen LogP contribution < -0.4 is 5.32 Å². The minimum absolute atomic E-state index is 0.0506. The highest BCUT2D eigenvalue weighted by Crippen LogP contribution is 2.16. The lowest BCUT2D eigenvalue weighted by molar-refractivity contribution is -0.133. The second kappa shape index (κ2) is 7.20. The van der Waals surface area contributed by atoms with Crippen LogP contribution >= 0.6 is 15.9 Å². The lowest BCUT2D eigenvalue weighted by Crippen LogP contribution is -2.54. The van der Waals surface area contributed by atoms with Gasteiger partial charge in [-0.1, -0.05) is 28.1 Å². The van der Waals surface area contributed by atoms with Gasteiger partial charge in [0, 0.05) is 23.6 Å². The smallest absolute Gasteiger partial charge is 0.239 e. The Balaban J connectivity index is 2.05. The molecule has 0 bridgehead atoms. The van der Waals surface area contributed by atoms with Crippen LogP contribution in [0.2, 0.25) is 0 Å². The van der Waals surface area contributed by atoms with Crippen molar-refractivity contribution in [3.05, 3.63) is 34.3 Å². The molecule has 1 unspecified atom stereocenters.